The Morgan fingerprint density at radius 3 is 2.61 bits per heavy atom. The molecule has 38 heavy (non-hydrogen) atoms. The number of epoxide rings is 1. The molecule has 2 aliphatic rings. The first-order valence-corrected chi connectivity index (χ1v) is 13.9. The molecule has 0 aromatic carbocycles. The summed E-state index contributed by atoms with van der Waals surface area (Å²) in [6.07, 6.45) is 8.50. The van der Waals surface area contributed by atoms with E-state index in [1.54, 1.807) is 19.1 Å². The number of hydrogen-bond donors (Lipinski definition) is 3. The predicted octanol–water partition coefficient (Wildman–Crippen LogP) is 4.02. The summed E-state index contributed by atoms with van der Waals surface area (Å²) in [6, 6.07) is 0. The zero-order valence-corrected chi connectivity index (χ0v) is 24.0. The normalized spacial score (nSPS) is 35.5. The fourth-order valence-electron chi connectivity index (χ4n) is 4.97. The van der Waals surface area contributed by atoms with E-state index in [4.69, 9.17) is 14.2 Å². The highest BCUT2D eigenvalue weighted by atomic mass is 16.6. The lowest BCUT2D eigenvalue weighted by Crippen LogP contribution is -2.42. The van der Waals surface area contributed by atoms with Gasteiger partial charge in [-0.1, -0.05) is 52.0 Å². The molecule has 2 rings (SSSR count). The van der Waals surface area contributed by atoms with Crippen LogP contribution in [0.3, 0.4) is 0 Å². The maximum atomic E-state index is 12.6. The summed E-state index contributed by atoms with van der Waals surface area (Å²) in [4.78, 5) is 24.2. The smallest absolute Gasteiger partial charge is 0.309 e. The minimum Gasteiger partial charge on any atom is -0.457 e. The number of aliphatic hydroxyl groups excluding tert-OH is 2. The lowest BCUT2D eigenvalue weighted by molar-refractivity contribution is -0.157. The van der Waals surface area contributed by atoms with Crippen molar-refractivity contribution in [3.05, 3.63) is 36.0 Å². The molecule has 8 nitrogen and oxygen atoms in total. The van der Waals surface area contributed by atoms with Crippen molar-refractivity contribution in [1.29, 1.82) is 0 Å². The third-order valence-electron chi connectivity index (χ3n) is 7.63. The molecule has 0 bridgehead atoms. The molecule has 2 aliphatic heterocycles. The van der Waals surface area contributed by atoms with Gasteiger partial charge in [0, 0.05) is 18.8 Å². The second-order valence-electron chi connectivity index (χ2n) is 11.4. The van der Waals surface area contributed by atoms with Crippen LogP contribution in [0.1, 0.15) is 80.6 Å². The maximum Gasteiger partial charge on any atom is 0.309 e. The van der Waals surface area contributed by atoms with Gasteiger partial charge in [-0.2, -0.15) is 0 Å². The number of carbonyl (C=O) groups excluding carboxylic acids is 2. The Kier molecular flexibility index (Phi) is 12.2. The van der Waals surface area contributed by atoms with Gasteiger partial charge in [0.2, 0.25) is 0 Å². The number of carbonyl (C=O) groups is 2. The van der Waals surface area contributed by atoms with Crippen molar-refractivity contribution in [2.45, 2.75) is 123 Å². The van der Waals surface area contributed by atoms with Crippen molar-refractivity contribution in [1.82, 2.24) is 0 Å². The van der Waals surface area contributed by atoms with E-state index in [1.807, 2.05) is 39.8 Å². The fourth-order valence-corrected chi connectivity index (χ4v) is 4.97. The van der Waals surface area contributed by atoms with Crippen LogP contribution in [0.25, 0.3) is 0 Å². The van der Waals surface area contributed by atoms with Gasteiger partial charge in [-0.3, -0.25) is 9.59 Å². The Morgan fingerprint density at radius 1 is 1.29 bits per heavy atom. The highest BCUT2D eigenvalue weighted by Gasteiger charge is 2.45. The van der Waals surface area contributed by atoms with Crippen molar-refractivity contribution in [2.24, 2.45) is 17.8 Å². The van der Waals surface area contributed by atoms with E-state index in [-0.39, 0.29) is 55.3 Å². The van der Waals surface area contributed by atoms with Crippen LogP contribution in [-0.4, -0.2) is 69.5 Å². The molecule has 0 spiro atoms. The topological polar surface area (TPSA) is 126 Å². The molecule has 0 aromatic rings. The SMILES string of the molecule is CC[C@@H](O)[C@H](C)[C@@H]1O[C@H]1C[C@@H](C)/C=C/C=C(\C)C1OC(=O)C[C@@H](O)CC[C@](C)(O)C(OC(C)=O)C=C[C@H]1C. The average molecular weight is 537 g/mol. The molecule has 8 heteroatoms. The van der Waals surface area contributed by atoms with Crippen LogP contribution < -0.4 is 0 Å². The minimum atomic E-state index is -1.40. The molecule has 1 fully saturated rings. The molecule has 3 N–H and O–H groups in total. The Balaban J connectivity index is 2.12. The van der Waals surface area contributed by atoms with Crippen LogP contribution in [0.5, 0.6) is 0 Å². The zero-order chi connectivity index (χ0) is 28.6. The van der Waals surface area contributed by atoms with Crippen LogP contribution in [0.4, 0.5) is 0 Å². The summed E-state index contributed by atoms with van der Waals surface area (Å²) in [5, 5.41) is 31.3. The Morgan fingerprint density at radius 2 is 1.97 bits per heavy atom. The first kappa shape index (κ1) is 32.2. The standard InChI is InChI=1S/C30H48O8/c1-8-24(33)21(5)29-25(37-29)16-18(2)10-9-11-19(3)28-20(4)12-13-26(36-22(6)31)30(7,35)15-14-23(32)17-27(34)38-28/h9-13,18,20-21,23-26,28-29,32-33,35H,8,14-17H2,1-7H3/b10-9+,13-12?,19-11+/t18-,20+,21-,23-,24+,25-,26?,28?,29-,30-/m0/s1. The molecule has 10 atom stereocenters. The van der Waals surface area contributed by atoms with E-state index >= 15 is 0 Å². The van der Waals surface area contributed by atoms with Crippen molar-refractivity contribution in [3.63, 3.8) is 0 Å². The van der Waals surface area contributed by atoms with Gasteiger partial charge in [0.05, 0.1) is 30.8 Å². The van der Waals surface area contributed by atoms with Crippen LogP contribution in [-0.2, 0) is 23.8 Å². The van der Waals surface area contributed by atoms with Gasteiger partial charge < -0.3 is 29.5 Å². The van der Waals surface area contributed by atoms with Crippen molar-refractivity contribution < 1.29 is 39.1 Å². The third kappa shape index (κ3) is 9.95. The largest absolute Gasteiger partial charge is 0.457 e. The van der Waals surface area contributed by atoms with Crippen molar-refractivity contribution >= 4 is 11.9 Å². The molecule has 0 saturated carbocycles. The van der Waals surface area contributed by atoms with E-state index in [0.29, 0.717) is 0 Å². The maximum absolute atomic E-state index is 12.6. The summed E-state index contributed by atoms with van der Waals surface area (Å²) < 4.78 is 16.9. The van der Waals surface area contributed by atoms with Gasteiger partial charge in [-0.05, 0) is 57.1 Å². The highest BCUT2D eigenvalue weighted by Crippen LogP contribution is 2.36. The van der Waals surface area contributed by atoms with Gasteiger partial charge >= 0.3 is 11.9 Å². The second kappa shape index (κ2) is 14.4. The average Bonchev–Trinajstić information content (AvgIpc) is 3.60. The number of rotatable bonds is 9. The summed E-state index contributed by atoms with van der Waals surface area (Å²) in [7, 11) is 0. The fraction of sp³-hybridized carbons (Fsp3) is 0.733. The van der Waals surface area contributed by atoms with Gasteiger partial charge in [-0.25, -0.2) is 0 Å². The molecule has 2 unspecified atom stereocenters. The number of allylic oxidation sites excluding steroid dienone is 3. The van der Waals surface area contributed by atoms with Gasteiger partial charge in [0.1, 0.15) is 17.8 Å². The van der Waals surface area contributed by atoms with Gasteiger partial charge in [-0.15, -0.1) is 0 Å². The molecular formula is C30H48O8. The van der Waals surface area contributed by atoms with E-state index in [0.717, 1.165) is 18.4 Å². The Hall–Kier alpha value is -2.00. The van der Waals surface area contributed by atoms with Crippen LogP contribution in [0.15, 0.2) is 36.0 Å². The zero-order valence-electron chi connectivity index (χ0n) is 24.0. The molecule has 0 aliphatic carbocycles. The quantitative estimate of drug-likeness (QED) is 0.175. The molecule has 216 valence electrons. The number of cyclic esters (lactones) is 1. The van der Waals surface area contributed by atoms with Crippen LogP contribution >= 0.6 is 0 Å². The van der Waals surface area contributed by atoms with E-state index < -0.39 is 35.9 Å². The van der Waals surface area contributed by atoms with E-state index in [1.165, 1.54) is 6.92 Å². The van der Waals surface area contributed by atoms with Gasteiger partial charge in [0.25, 0.3) is 0 Å². The van der Waals surface area contributed by atoms with Crippen LogP contribution in [0.2, 0.25) is 0 Å². The number of ether oxygens (including phenoxy) is 3. The summed E-state index contributed by atoms with van der Waals surface area (Å²) >= 11 is 0. The number of esters is 2. The molecule has 2 heterocycles. The van der Waals surface area contributed by atoms with Gasteiger partial charge in [0.15, 0.2) is 0 Å². The summed E-state index contributed by atoms with van der Waals surface area (Å²) in [5.74, 6) is -0.921. The highest BCUT2D eigenvalue weighted by molar-refractivity contribution is 5.70. The van der Waals surface area contributed by atoms with E-state index in [9.17, 15) is 24.9 Å². The second-order valence-corrected chi connectivity index (χ2v) is 11.4. The monoisotopic (exact) mass is 536 g/mol. The minimum absolute atomic E-state index is 0.105. The third-order valence-corrected chi connectivity index (χ3v) is 7.63. The molecular weight excluding hydrogens is 488 g/mol. The lowest BCUT2D eigenvalue weighted by atomic mass is 9.88. The van der Waals surface area contributed by atoms with Crippen molar-refractivity contribution in [3.8, 4) is 0 Å². The first-order chi connectivity index (χ1) is 17.7. The van der Waals surface area contributed by atoms with Crippen LogP contribution in [0, 0.1) is 17.8 Å². The molecule has 0 radical (unpaired) electrons. The number of aliphatic hydroxyl groups is 3. The molecule has 0 aromatic heterocycles. The Labute approximate surface area is 227 Å². The Bertz CT molecular complexity index is 875. The predicted molar refractivity (Wildman–Crippen MR) is 145 cm³/mol. The first-order valence-electron chi connectivity index (χ1n) is 13.9. The number of hydrogen-bond acceptors (Lipinski definition) is 8. The molecule has 0 amide bonds. The summed E-state index contributed by atoms with van der Waals surface area (Å²) in [6.45, 7) is 12.7. The van der Waals surface area contributed by atoms with Crippen molar-refractivity contribution in [2.75, 3.05) is 0 Å². The lowest BCUT2D eigenvalue weighted by Gasteiger charge is -2.32. The molecule has 1 saturated heterocycles. The van der Waals surface area contributed by atoms with E-state index in [2.05, 4.69) is 13.0 Å². The summed E-state index contributed by atoms with van der Waals surface area (Å²) in [5.41, 5.74) is -0.580.